The van der Waals surface area contributed by atoms with Gasteiger partial charge in [-0.25, -0.2) is 0 Å². The zero-order valence-corrected chi connectivity index (χ0v) is 21.3. The van der Waals surface area contributed by atoms with Crippen LogP contribution >= 0.6 is 7.14 Å². The van der Waals surface area contributed by atoms with Crippen molar-refractivity contribution >= 4 is 17.3 Å². The molecule has 6 nitrogen and oxygen atoms in total. The van der Waals surface area contributed by atoms with Gasteiger partial charge < -0.3 is 14.0 Å². The topological polar surface area (TPSA) is 78.9 Å². The number of aryl methyl sites for hydroxylation is 1. The third kappa shape index (κ3) is 7.82. The van der Waals surface area contributed by atoms with Gasteiger partial charge in [0.25, 0.3) is 10.1 Å². The Hall–Kier alpha value is -1.50. The zero-order chi connectivity index (χ0) is 23.8. The molecule has 2 aromatic rings. The molecule has 0 bridgehead atoms. The third-order valence-corrected chi connectivity index (χ3v) is 10.7. The van der Waals surface area contributed by atoms with E-state index in [0.29, 0.717) is 6.61 Å². The van der Waals surface area contributed by atoms with Crippen LogP contribution in [0.4, 0.5) is 0 Å². The number of benzene rings is 2. The van der Waals surface area contributed by atoms with Gasteiger partial charge in [0.05, 0.1) is 24.7 Å². The van der Waals surface area contributed by atoms with E-state index in [0.717, 1.165) is 11.1 Å². The number of rotatable bonds is 13. The Labute approximate surface area is 192 Å². The monoisotopic (exact) mass is 482 g/mol. The van der Waals surface area contributed by atoms with Gasteiger partial charge in [-0.15, -0.1) is 0 Å². The number of ether oxygens (including phenoxy) is 2. The molecule has 0 saturated carbocycles. The molecule has 0 spiro atoms. The molecule has 32 heavy (non-hydrogen) atoms. The molecule has 0 N–H and O–H groups in total. The molecule has 0 radical (unpaired) electrons. The molecule has 2 aromatic carbocycles. The van der Waals surface area contributed by atoms with Gasteiger partial charge >= 0.3 is 0 Å². The summed E-state index contributed by atoms with van der Waals surface area (Å²) in [4.78, 5) is 0.0853. The van der Waals surface area contributed by atoms with E-state index in [-0.39, 0.29) is 35.8 Å². The lowest BCUT2D eigenvalue weighted by Gasteiger charge is -2.28. The molecule has 178 valence electrons. The minimum Gasteiger partial charge on any atom is -0.374 e. The Bertz CT molecular complexity index is 959. The summed E-state index contributed by atoms with van der Waals surface area (Å²) in [6, 6.07) is 16.1. The fourth-order valence-corrected chi connectivity index (χ4v) is 6.25. The normalized spacial score (nSPS) is 13.6. The van der Waals surface area contributed by atoms with Gasteiger partial charge in [0.2, 0.25) is 0 Å². The van der Waals surface area contributed by atoms with E-state index in [1.165, 1.54) is 12.1 Å². The van der Waals surface area contributed by atoms with Crippen molar-refractivity contribution in [3.05, 3.63) is 65.7 Å². The van der Waals surface area contributed by atoms with E-state index in [2.05, 4.69) is 0 Å². The molecule has 0 heterocycles. The van der Waals surface area contributed by atoms with Crippen molar-refractivity contribution in [3.63, 3.8) is 0 Å². The van der Waals surface area contributed by atoms with E-state index in [1.54, 1.807) is 12.1 Å². The maximum absolute atomic E-state index is 13.3. The van der Waals surface area contributed by atoms with Crippen LogP contribution in [0.5, 0.6) is 0 Å². The summed E-state index contributed by atoms with van der Waals surface area (Å²) in [6.45, 7) is 9.82. The molecular formula is C24H35O6PS. The van der Waals surface area contributed by atoms with Crippen molar-refractivity contribution in [2.45, 2.75) is 63.5 Å². The highest BCUT2D eigenvalue weighted by molar-refractivity contribution is 7.86. The van der Waals surface area contributed by atoms with Crippen molar-refractivity contribution in [2.75, 3.05) is 19.6 Å². The smallest absolute Gasteiger partial charge is 0.297 e. The first kappa shape index (κ1) is 26.7. The highest BCUT2D eigenvalue weighted by Crippen LogP contribution is 2.54. The predicted molar refractivity (Wildman–Crippen MR) is 128 cm³/mol. The molecule has 8 heteroatoms. The first-order valence-electron chi connectivity index (χ1n) is 10.8. The molecule has 0 amide bonds. The highest BCUT2D eigenvalue weighted by atomic mass is 32.2. The first-order valence-corrected chi connectivity index (χ1v) is 14.3. The van der Waals surface area contributed by atoms with Gasteiger partial charge in [-0.05, 0) is 24.6 Å². The van der Waals surface area contributed by atoms with E-state index in [1.807, 2.05) is 65.0 Å². The van der Waals surface area contributed by atoms with E-state index in [4.69, 9.17) is 13.7 Å². The second-order valence-corrected chi connectivity index (χ2v) is 14.2. The van der Waals surface area contributed by atoms with Crippen LogP contribution in [-0.2, 0) is 34.9 Å². The molecule has 1 atom stereocenters. The Morgan fingerprint density at radius 3 is 2.03 bits per heavy atom. The van der Waals surface area contributed by atoms with Crippen LogP contribution in [0, 0.1) is 6.92 Å². The predicted octanol–water partition coefficient (Wildman–Crippen LogP) is 5.44. The van der Waals surface area contributed by atoms with Gasteiger partial charge in [-0.1, -0.05) is 75.7 Å². The lowest BCUT2D eigenvalue weighted by Crippen LogP contribution is -2.29. The fraction of sp³-hybridized carbons (Fsp3) is 0.500. The van der Waals surface area contributed by atoms with E-state index in [9.17, 15) is 13.0 Å². The van der Waals surface area contributed by atoms with Crippen molar-refractivity contribution < 1.29 is 26.6 Å². The maximum atomic E-state index is 13.3. The second kappa shape index (κ2) is 12.1. The van der Waals surface area contributed by atoms with Crippen LogP contribution in [0.2, 0.25) is 0 Å². The average molecular weight is 483 g/mol. The summed E-state index contributed by atoms with van der Waals surface area (Å²) < 4.78 is 55.5. The molecule has 0 aliphatic rings. The Morgan fingerprint density at radius 2 is 1.47 bits per heavy atom. The van der Waals surface area contributed by atoms with Crippen LogP contribution < -0.4 is 0 Å². The summed E-state index contributed by atoms with van der Waals surface area (Å²) >= 11 is 0. The highest BCUT2D eigenvalue weighted by Gasteiger charge is 2.32. The van der Waals surface area contributed by atoms with E-state index >= 15 is 0 Å². The Morgan fingerprint density at radius 1 is 0.875 bits per heavy atom. The van der Waals surface area contributed by atoms with Gasteiger partial charge in [0.1, 0.15) is 19.6 Å². The zero-order valence-electron chi connectivity index (χ0n) is 19.6. The minimum atomic E-state index is -3.94. The fourth-order valence-electron chi connectivity index (χ4n) is 3.08. The van der Waals surface area contributed by atoms with Crippen LogP contribution in [-0.4, -0.2) is 45.4 Å². The number of hydrogen-bond donors (Lipinski definition) is 0. The van der Waals surface area contributed by atoms with Crippen molar-refractivity contribution in [1.29, 1.82) is 0 Å². The molecular weight excluding hydrogens is 447 g/mol. The Balaban J connectivity index is 2.06. The first-order chi connectivity index (χ1) is 15.0. The minimum absolute atomic E-state index is 0.0365. The van der Waals surface area contributed by atoms with Crippen LogP contribution in [0.1, 0.15) is 38.8 Å². The molecule has 0 aliphatic carbocycles. The molecule has 2 rings (SSSR count). The lowest BCUT2D eigenvalue weighted by atomic mass is 10.2. The molecule has 0 aromatic heterocycles. The van der Waals surface area contributed by atoms with Crippen LogP contribution in [0.15, 0.2) is 59.5 Å². The third-order valence-electron chi connectivity index (χ3n) is 5.39. The average Bonchev–Trinajstić information content (AvgIpc) is 2.75. The molecule has 0 unspecified atom stereocenters. The largest absolute Gasteiger partial charge is 0.374 e. The quantitative estimate of drug-likeness (QED) is 0.279. The lowest BCUT2D eigenvalue weighted by molar-refractivity contribution is -0.0262. The standard InChI is InChI=1S/C24H35O6PS/c1-19(2)31(25,20(3)4)18-29-23(16-28-15-22-9-7-6-8-10-22)17-30-32(26,27)24-13-11-21(5)12-14-24/h6-14,19-20,23H,15-18H2,1-5H3/t23-/m1/s1. The summed E-state index contributed by atoms with van der Waals surface area (Å²) in [5, 5.41) is 0. The summed E-state index contributed by atoms with van der Waals surface area (Å²) in [5.74, 6) is 0. The maximum Gasteiger partial charge on any atom is 0.297 e. The van der Waals surface area contributed by atoms with Crippen molar-refractivity contribution in [2.24, 2.45) is 0 Å². The molecule has 0 fully saturated rings. The Kier molecular flexibility index (Phi) is 10.1. The van der Waals surface area contributed by atoms with Gasteiger partial charge in [-0.3, -0.25) is 4.18 Å². The van der Waals surface area contributed by atoms with Crippen molar-refractivity contribution in [1.82, 2.24) is 0 Å². The van der Waals surface area contributed by atoms with E-state index < -0.39 is 23.4 Å². The molecule has 0 saturated heterocycles. The summed E-state index contributed by atoms with van der Waals surface area (Å²) in [5.41, 5.74) is 1.88. The molecule has 0 aliphatic heterocycles. The van der Waals surface area contributed by atoms with Crippen molar-refractivity contribution in [3.8, 4) is 0 Å². The summed E-state index contributed by atoms with van der Waals surface area (Å²) in [7, 11) is -6.56. The van der Waals surface area contributed by atoms with Crippen LogP contribution in [0.25, 0.3) is 0 Å². The van der Waals surface area contributed by atoms with Gasteiger partial charge in [0, 0.05) is 11.3 Å². The number of hydrogen-bond acceptors (Lipinski definition) is 6. The van der Waals surface area contributed by atoms with Gasteiger partial charge in [0.15, 0.2) is 0 Å². The van der Waals surface area contributed by atoms with Gasteiger partial charge in [-0.2, -0.15) is 8.42 Å². The second-order valence-electron chi connectivity index (χ2n) is 8.51. The summed E-state index contributed by atoms with van der Waals surface area (Å²) in [6.07, 6.45) is -0.625. The van der Waals surface area contributed by atoms with Crippen LogP contribution in [0.3, 0.4) is 0 Å². The SMILES string of the molecule is Cc1ccc(S(=O)(=O)OC[C@@H](COCc2ccccc2)OCP(=O)(C(C)C)C(C)C)cc1.